The van der Waals surface area contributed by atoms with Gasteiger partial charge >= 0.3 is 6.18 Å². The van der Waals surface area contributed by atoms with E-state index < -0.39 is 11.7 Å². The van der Waals surface area contributed by atoms with Crippen LogP contribution < -0.4 is 12.4 Å². The van der Waals surface area contributed by atoms with Gasteiger partial charge in [-0.1, -0.05) is 12.1 Å². The van der Waals surface area contributed by atoms with Crippen LogP contribution in [0.5, 0.6) is 0 Å². The molecule has 1 nitrogen and oxygen atoms in total. The average Bonchev–Trinajstić information content (AvgIpc) is 1.99. The molecule has 0 fully saturated rings. The Morgan fingerprint density at radius 2 is 1.69 bits per heavy atom. The van der Waals surface area contributed by atoms with E-state index in [2.05, 4.69) is 0 Å². The van der Waals surface area contributed by atoms with Crippen LogP contribution in [0.1, 0.15) is 11.1 Å². The van der Waals surface area contributed by atoms with Gasteiger partial charge in [0.15, 0.2) is 0 Å². The molecule has 0 bridgehead atoms. The fourth-order valence-corrected chi connectivity index (χ4v) is 1.39. The molecule has 0 aromatic heterocycles. The molecule has 92 valence electrons. The van der Waals surface area contributed by atoms with E-state index in [0.29, 0.717) is 16.6 Å². The molecule has 1 rings (SSSR count). The van der Waals surface area contributed by atoms with Crippen molar-refractivity contribution < 1.29 is 30.1 Å². The summed E-state index contributed by atoms with van der Waals surface area (Å²) in [5.74, 6) is 0. The van der Waals surface area contributed by atoms with Gasteiger partial charge in [-0.15, -0.1) is 0 Å². The number of benzene rings is 1. The second-order valence-electron chi connectivity index (χ2n) is 4.65. The van der Waals surface area contributed by atoms with Crippen LogP contribution in [-0.4, -0.2) is 25.6 Å². The lowest BCUT2D eigenvalue weighted by Gasteiger charge is -2.24. The lowest BCUT2D eigenvalue weighted by molar-refractivity contribution is -0.884. The van der Waals surface area contributed by atoms with Crippen LogP contribution in [0.25, 0.3) is 0 Å². The van der Waals surface area contributed by atoms with Crippen LogP contribution in [0.15, 0.2) is 24.3 Å². The van der Waals surface area contributed by atoms with Crippen LogP contribution in [-0.2, 0) is 12.7 Å². The van der Waals surface area contributed by atoms with Gasteiger partial charge in [-0.25, -0.2) is 0 Å². The second-order valence-corrected chi connectivity index (χ2v) is 4.65. The van der Waals surface area contributed by atoms with E-state index >= 15 is 0 Å². The Hall–Kier alpha value is -0.740. The van der Waals surface area contributed by atoms with E-state index in [4.69, 9.17) is 0 Å². The number of halogens is 4. The normalized spacial score (nSPS) is 12.1. The number of alkyl halides is 3. The van der Waals surface area contributed by atoms with E-state index in [-0.39, 0.29) is 12.4 Å². The largest absolute Gasteiger partial charge is 1.00 e. The monoisotopic (exact) mass is 253 g/mol. The van der Waals surface area contributed by atoms with Crippen molar-refractivity contribution in [3.8, 4) is 0 Å². The number of nitrogens with zero attached hydrogens (tertiary/aromatic N) is 1. The summed E-state index contributed by atoms with van der Waals surface area (Å²) in [6.45, 7) is 0.587. The van der Waals surface area contributed by atoms with Crippen LogP contribution in [0, 0.1) is 0 Å². The standard InChI is InChI=1S/C11H15F3N.ClH/c1-15(2,3)8-9-5-4-6-10(7-9)11(12,13)14;/h4-7H,8H2,1-3H3;1H/q+1;/p-1. The first-order chi connectivity index (χ1) is 6.68. The van der Waals surface area contributed by atoms with Gasteiger partial charge in [0.2, 0.25) is 0 Å². The molecular formula is C11H15ClF3N. The van der Waals surface area contributed by atoms with Crippen molar-refractivity contribution in [2.24, 2.45) is 0 Å². The molecule has 0 saturated carbocycles. The summed E-state index contributed by atoms with van der Waals surface area (Å²) in [6, 6.07) is 5.48. The zero-order valence-corrected chi connectivity index (χ0v) is 10.2. The molecule has 0 saturated heterocycles. The lowest BCUT2D eigenvalue weighted by Crippen LogP contribution is -3.00. The predicted octanol–water partition coefficient (Wildman–Crippen LogP) is -0.0844. The molecule has 0 aliphatic carbocycles. The van der Waals surface area contributed by atoms with Gasteiger partial charge in [-0.3, -0.25) is 0 Å². The second kappa shape index (κ2) is 5.06. The summed E-state index contributed by atoms with van der Waals surface area (Å²) in [4.78, 5) is 0. The first-order valence-electron chi connectivity index (χ1n) is 4.65. The molecule has 16 heavy (non-hydrogen) atoms. The van der Waals surface area contributed by atoms with Crippen LogP contribution in [0.2, 0.25) is 0 Å². The van der Waals surface area contributed by atoms with Gasteiger partial charge in [0, 0.05) is 5.56 Å². The fourth-order valence-electron chi connectivity index (χ4n) is 1.39. The third-order valence-electron chi connectivity index (χ3n) is 1.91. The molecule has 0 unspecified atom stereocenters. The Kier molecular flexibility index (Phi) is 4.83. The minimum absolute atomic E-state index is 0. The highest BCUT2D eigenvalue weighted by Gasteiger charge is 2.30. The summed E-state index contributed by atoms with van der Waals surface area (Å²) in [6.07, 6.45) is -4.25. The maximum atomic E-state index is 12.4. The molecule has 0 spiro atoms. The maximum Gasteiger partial charge on any atom is 0.416 e. The van der Waals surface area contributed by atoms with Crippen molar-refractivity contribution in [1.82, 2.24) is 0 Å². The van der Waals surface area contributed by atoms with Crippen molar-refractivity contribution in [2.45, 2.75) is 12.7 Å². The third-order valence-corrected chi connectivity index (χ3v) is 1.91. The highest BCUT2D eigenvalue weighted by Crippen LogP contribution is 2.29. The minimum Gasteiger partial charge on any atom is -1.00 e. The molecule has 5 heteroatoms. The molecule has 0 amide bonds. The Morgan fingerprint density at radius 1 is 1.12 bits per heavy atom. The Labute approximate surface area is 99.9 Å². The van der Waals surface area contributed by atoms with Crippen molar-refractivity contribution in [1.29, 1.82) is 0 Å². The first kappa shape index (κ1) is 15.3. The topological polar surface area (TPSA) is 0 Å². The summed E-state index contributed by atoms with van der Waals surface area (Å²) in [5.41, 5.74) is 0.130. The highest BCUT2D eigenvalue weighted by atomic mass is 35.5. The Bertz CT molecular complexity index is 342. The number of quaternary nitrogens is 1. The van der Waals surface area contributed by atoms with Crippen molar-refractivity contribution >= 4 is 0 Å². The van der Waals surface area contributed by atoms with E-state index in [1.54, 1.807) is 6.07 Å². The number of rotatable bonds is 2. The molecule has 0 aliphatic heterocycles. The highest BCUT2D eigenvalue weighted by molar-refractivity contribution is 5.25. The quantitative estimate of drug-likeness (QED) is 0.647. The molecule has 0 aliphatic rings. The zero-order valence-electron chi connectivity index (χ0n) is 9.48. The van der Waals surface area contributed by atoms with Crippen molar-refractivity contribution in [3.05, 3.63) is 35.4 Å². The molecule has 0 heterocycles. The third kappa shape index (κ3) is 4.86. The van der Waals surface area contributed by atoms with Gasteiger partial charge in [0.05, 0.1) is 26.7 Å². The van der Waals surface area contributed by atoms with Crippen molar-refractivity contribution in [3.63, 3.8) is 0 Å². The lowest BCUT2D eigenvalue weighted by atomic mass is 10.1. The molecule has 0 radical (unpaired) electrons. The smallest absolute Gasteiger partial charge is 0.416 e. The van der Waals surface area contributed by atoms with Gasteiger partial charge in [-0.05, 0) is 12.1 Å². The fraction of sp³-hybridized carbons (Fsp3) is 0.455. The zero-order chi connectivity index (χ0) is 11.7. The Morgan fingerprint density at radius 3 is 2.12 bits per heavy atom. The van der Waals surface area contributed by atoms with Crippen LogP contribution >= 0.6 is 0 Å². The van der Waals surface area contributed by atoms with Crippen LogP contribution in [0.3, 0.4) is 0 Å². The van der Waals surface area contributed by atoms with E-state index in [0.717, 1.165) is 6.07 Å². The average molecular weight is 254 g/mol. The number of hydrogen-bond donors (Lipinski definition) is 0. The molecular weight excluding hydrogens is 239 g/mol. The van der Waals surface area contributed by atoms with E-state index in [1.807, 2.05) is 21.1 Å². The Balaban J connectivity index is 0.00000225. The maximum absolute atomic E-state index is 12.4. The summed E-state index contributed by atoms with van der Waals surface area (Å²) >= 11 is 0. The van der Waals surface area contributed by atoms with E-state index in [9.17, 15) is 13.2 Å². The molecule has 1 aromatic carbocycles. The number of hydrogen-bond acceptors (Lipinski definition) is 0. The van der Waals surface area contributed by atoms with Gasteiger partial charge in [0.25, 0.3) is 0 Å². The van der Waals surface area contributed by atoms with Gasteiger partial charge in [-0.2, -0.15) is 13.2 Å². The molecule has 0 N–H and O–H groups in total. The summed E-state index contributed by atoms with van der Waals surface area (Å²) in [5, 5.41) is 0. The van der Waals surface area contributed by atoms with Gasteiger partial charge < -0.3 is 16.9 Å². The predicted molar refractivity (Wildman–Crippen MR) is 53.2 cm³/mol. The van der Waals surface area contributed by atoms with E-state index in [1.165, 1.54) is 12.1 Å². The van der Waals surface area contributed by atoms with Crippen LogP contribution in [0.4, 0.5) is 13.2 Å². The summed E-state index contributed by atoms with van der Waals surface area (Å²) < 4.78 is 37.8. The molecule has 1 aromatic rings. The molecule has 0 atom stereocenters. The summed E-state index contributed by atoms with van der Waals surface area (Å²) in [7, 11) is 5.83. The minimum atomic E-state index is -4.25. The van der Waals surface area contributed by atoms with Crippen molar-refractivity contribution in [2.75, 3.05) is 21.1 Å². The first-order valence-corrected chi connectivity index (χ1v) is 4.65. The van der Waals surface area contributed by atoms with Gasteiger partial charge in [0.1, 0.15) is 6.54 Å². The SMILES string of the molecule is C[N+](C)(C)Cc1cccc(C(F)(F)F)c1.[Cl-].